The van der Waals surface area contributed by atoms with E-state index >= 15 is 0 Å². The zero-order valence-electron chi connectivity index (χ0n) is 14.2. The molecule has 0 aromatic heterocycles. The molecule has 2 N–H and O–H groups in total. The van der Waals surface area contributed by atoms with Crippen molar-refractivity contribution < 1.29 is 23.5 Å². The van der Waals surface area contributed by atoms with Crippen LogP contribution in [-0.2, 0) is 20.7 Å². The summed E-state index contributed by atoms with van der Waals surface area (Å²) in [5.41, 5.74) is 0.579. The summed E-state index contributed by atoms with van der Waals surface area (Å²) in [5.74, 6) is -1.32. The largest absolute Gasteiger partial charge is 0.455 e. The molecule has 136 valence electrons. The quantitative estimate of drug-likeness (QED) is 0.798. The first-order chi connectivity index (χ1) is 11.9. The van der Waals surface area contributed by atoms with Crippen molar-refractivity contribution in [1.82, 2.24) is 10.6 Å². The molecule has 0 saturated heterocycles. The lowest BCUT2D eigenvalue weighted by atomic mass is 9.86. The Morgan fingerprint density at radius 1 is 1.16 bits per heavy atom. The second-order valence-electron chi connectivity index (χ2n) is 6.35. The summed E-state index contributed by atoms with van der Waals surface area (Å²) in [6.07, 6.45) is 4.10. The minimum absolute atomic E-state index is 0.0579. The summed E-state index contributed by atoms with van der Waals surface area (Å²) < 4.78 is 17.6. The van der Waals surface area contributed by atoms with Gasteiger partial charge in [0.2, 0.25) is 0 Å². The second-order valence-corrected chi connectivity index (χ2v) is 6.35. The molecule has 0 unspecified atom stereocenters. The maximum absolute atomic E-state index is 12.8. The molecule has 1 aliphatic carbocycles. The zero-order valence-corrected chi connectivity index (χ0v) is 14.2. The second kappa shape index (κ2) is 9.15. The molecule has 2 atom stereocenters. The summed E-state index contributed by atoms with van der Waals surface area (Å²) in [6.45, 7) is 1.54. The van der Waals surface area contributed by atoms with Crippen molar-refractivity contribution in [1.29, 1.82) is 0 Å². The first-order valence-electron chi connectivity index (χ1n) is 8.44. The van der Waals surface area contributed by atoms with Gasteiger partial charge in [0.15, 0.2) is 6.61 Å². The fraction of sp³-hybridized carbons (Fsp3) is 0.500. The number of imide groups is 1. The summed E-state index contributed by atoms with van der Waals surface area (Å²) >= 11 is 0. The van der Waals surface area contributed by atoms with Gasteiger partial charge in [-0.05, 0) is 36.5 Å². The van der Waals surface area contributed by atoms with E-state index in [4.69, 9.17) is 4.74 Å². The number of nitrogens with one attached hydrogen (secondary N) is 2. The molecule has 0 heterocycles. The monoisotopic (exact) mass is 350 g/mol. The zero-order chi connectivity index (χ0) is 18.2. The van der Waals surface area contributed by atoms with Gasteiger partial charge in [0.25, 0.3) is 5.91 Å². The number of esters is 1. The summed E-state index contributed by atoms with van der Waals surface area (Å²) in [4.78, 5) is 35.1. The van der Waals surface area contributed by atoms with Gasteiger partial charge in [-0.1, -0.05) is 31.9 Å². The van der Waals surface area contributed by atoms with Gasteiger partial charge in [-0.2, -0.15) is 0 Å². The molecular weight excluding hydrogens is 327 g/mol. The van der Waals surface area contributed by atoms with Gasteiger partial charge in [-0.25, -0.2) is 9.18 Å². The van der Waals surface area contributed by atoms with E-state index in [2.05, 4.69) is 17.6 Å². The number of hydrogen-bond donors (Lipinski definition) is 2. The normalized spacial score (nSPS) is 19.8. The van der Waals surface area contributed by atoms with E-state index in [1.54, 1.807) is 0 Å². The minimum atomic E-state index is -0.687. The van der Waals surface area contributed by atoms with Crippen molar-refractivity contribution in [3.05, 3.63) is 35.6 Å². The van der Waals surface area contributed by atoms with Gasteiger partial charge in [-0.3, -0.25) is 14.9 Å². The van der Waals surface area contributed by atoms with E-state index < -0.39 is 30.3 Å². The number of halogens is 1. The molecule has 0 radical (unpaired) electrons. The molecule has 3 amide bonds. The Bertz CT molecular complexity index is 618. The third kappa shape index (κ3) is 6.52. The summed E-state index contributed by atoms with van der Waals surface area (Å²) in [5, 5.41) is 4.94. The lowest BCUT2D eigenvalue weighted by molar-refractivity contribution is -0.147. The number of carbonyl (C=O) groups excluding carboxylic acids is 3. The third-order valence-corrected chi connectivity index (χ3v) is 4.31. The first kappa shape index (κ1) is 18.9. The fourth-order valence-electron chi connectivity index (χ4n) is 2.86. The highest BCUT2D eigenvalue weighted by Crippen LogP contribution is 2.23. The SMILES string of the molecule is C[C@@H]1CCCC[C@H]1NC(=O)NC(=O)COC(=O)Cc1ccc(F)cc1. The van der Waals surface area contributed by atoms with Crippen LogP contribution in [0.2, 0.25) is 0 Å². The van der Waals surface area contributed by atoms with Crippen LogP contribution in [0.4, 0.5) is 9.18 Å². The van der Waals surface area contributed by atoms with Gasteiger partial charge >= 0.3 is 12.0 Å². The predicted molar refractivity (Wildman–Crippen MR) is 89.2 cm³/mol. The van der Waals surface area contributed by atoms with Gasteiger partial charge in [0.1, 0.15) is 5.82 Å². The van der Waals surface area contributed by atoms with Crippen LogP contribution in [0.1, 0.15) is 38.2 Å². The van der Waals surface area contributed by atoms with Crippen LogP contribution in [0.5, 0.6) is 0 Å². The van der Waals surface area contributed by atoms with Crippen LogP contribution < -0.4 is 10.6 Å². The molecule has 0 spiro atoms. The lowest BCUT2D eigenvalue weighted by Crippen LogP contribution is -2.48. The summed E-state index contributed by atoms with van der Waals surface area (Å²) in [7, 11) is 0. The summed E-state index contributed by atoms with van der Waals surface area (Å²) in [6, 6.07) is 4.91. The van der Waals surface area contributed by atoms with E-state index in [-0.39, 0.29) is 12.5 Å². The Balaban J connectivity index is 1.68. The van der Waals surface area contributed by atoms with Crippen LogP contribution in [0.15, 0.2) is 24.3 Å². The predicted octanol–water partition coefficient (Wildman–Crippen LogP) is 2.32. The van der Waals surface area contributed by atoms with E-state index in [0.29, 0.717) is 11.5 Å². The van der Waals surface area contributed by atoms with Crippen LogP contribution in [0.3, 0.4) is 0 Å². The van der Waals surface area contributed by atoms with Crippen LogP contribution >= 0.6 is 0 Å². The molecule has 1 aromatic carbocycles. The lowest BCUT2D eigenvalue weighted by Gasteiger charge is -2.29. The number of rotatable bonds is 5. The van der Waals surface area contributed by atoms with Crippen molar-refractivity contribution in [2.24, 2.45) is 5.92 Å². The maximum Gasteiger partial charge on any atom is 0.321 e. The van der Waals surface area contributed by atoms with Crippen molar-refractivity contribution in [3.63, 3.8) is 0 Å². The molecule has 25 heavy (non-hydrogen) atoms. The Morgan fingerprint density at radius 3 is 2.52 bits per heavy atom. The standard InChI is InChI=1S/C18H23FN2O4/c1-12-4-2-3-5-15(12)20-18(24)21-16(22)11-25-17(23)10-13-6-8-14(19)9-7-13/h6-9,12,15H,2-5,10-11H2,1H3,(H2,20,21,22,24)/t12-,15-/m1/s1. The number of benzene rings is 1. The average molecular weight is 350 g/mol. The van der Waals surface area contributed by atoms with Gasteiger partial charge in [-0.15, -0.1) is 0 Å². The van der Waals surface area contributed by atoms with E-state index in [0.717, 1.165) is 25.7 Å². The Labute approximate surface area is 146 Å². The number of carbonyl (C=O) groups is 3. The topological polar surface area (TPSA) is 84.5 Å². The number of urea groups is 1. The molecule has 7 heteroatoms. The third-order valence-electron chi connectivity index (χ3n) is 4.31. The average Bonchev–Trinajstić information content (AvgIpc) is 2.57. The van der Waals surface area contributed by atoms with Crippen LogP contribution in [0.25, 0.3) is 0 Å². The molecule has 1 aromatic rings. The van der Waals surface area contributed by atoms with Crippen molar-refractivity contribution in [2.45, 2.75) is 45.1 Å². The molecule has 0 bridgehead atoms. The highest BCUT2D eigenvalue weighted by Gasteiger charge is 2.23. The van der Waals surface area contributed by atoms with Crippen LogP contribution in [0, 0.1) is 11.7 Å². The molecule has 2 rings (SSSR count). The Morgan fingerprint density at radius 2 is 1.84 bits per heavy atom. The molecule has 1 saturated carbocycles. The molecule has 0 aliphatic heterocycles. The highest BCUT2D eigenvalue weighted by molar-refractivity contribution is 5.95. The molecular formula is C18H23FN2O4. The van der Waals surface area contributed by atoms with Crippen molar-refractivity contribution >= 4 is 17.9 Å². The van der Waals surface area contributed by atoms with Crippen molar-refractivity contribution in [2.75, 3.05) is 6.61 Å². The van der Waals surface area contributed by atoms with E-state index in [9.17, 15) is 18.8 Å². The fourth-order valence-corrected chi connectivity index (χ4v) is 2.86. The molecule has 1 fully saturated rings. The minimum Gasteiger partial charge on any atom is -0.455 e. The number of amides is 3. The van der Waals surface area contributed by atoms with Gasteiger partial charge < -0.3 is 10.1 Å². The number of ether oxygens (including phenoxy) is 1. The Kier molecular flexibility index (Phi) is 6.91. The van der Waals surface area contributed by atoms with Gasteiger partial charge in [0.05, 0.1) is 6.42 Å². The van der Waals surface area contributed by atoms with E-state index in [1.807, 2.05) is 0 Å². The van der Waals surface area contributed by atoms with Crippen LogP contribution in [-0.4, -0.2) is 30.6 Å². The van der Waals surface area contributed by atoms with E-state index in [1.165, 1.54) is 24.3 Å². The van der Waals surface area contributed by atoms with Crippen molar-refractivity contribution in [3.8, 4) is 0 Å². The smallest absolute Gasteiger partial charge is 0.321 e. The Hall–Kier alpha value is -2.44. The molecule has 1 aliphatic rings. The number of hydrogen-bond acceptors (Lipinski definition) is 4. The highest BCUT2D eigenvalue weighted by atomic mass is 19.1. The molecule has 6 nitrogen and oxygen atoms in total. The maximum atomic E-state index is 12.8. The van der Waals surface area contributed by atoms with Gasteiger partial charge in [0, 0.05) is 6.04 Å². The first-order valence-corrected chi connectivity index (χ1v) is 8.44.